The number of ether oxygens (including phenoxy) is 1. The fourth-order valence-corrected chi connectivity index (χ4v) is 4.29. The van der Waals surface area contributed by atoms with Crippen LogP contribution in [0.5, 0.6) is 5.75 Å². The fraction of sp³-hybridized carbons (Fsp3) is 0.350. The molecule has 1 fully saturated rings. The maximum absolute atomic E-state index is 12.7. The minimum Gasteiger partial charge on any atom is -0.488 e. The highest BCUT2D eigenvalue weighted by Gasteiger charge is 2.33. The van der Waals surface area contributed by atoms with Gasteiger partial charge in [-0.1, -0.05) is 6.07 Å². The summed E-state index contributed by atoms with van der Waals surface area (Å²) < 4.78 is 6.00. The van der Waals surface area contributed by atoms with E-state index in [1.807, 2.05) is 44.2 Å². The van der Waals surface area contributed by atoms with Crippen LogP contribution in [0.4, 0.5) is 0 Å². The molecule has 0 unspecified atom stereocenters. The summed E-state index contributed by atoms with van der Waals surface area (Å²) in [6, 6.07) is 9.61. The molecule has 2 aromatic heterocycles. The minimum absolute atomic E-state index is 0.0643. The third-order valence-corrected chi connectivity index (χ3v) is 5.83. The molecular formula is C20H21N3O3S. The Morgan fingerprint density at radius 3 is 2.93 bits per heavy atom. The van der Waals surface area contributed by atoms with Crippen LogP contribution < -0.4 is 4.74 Å². The van der Waals surface area contributed by atoms with Crippen molar-refractivity contribution in [3.63, 3.8) is 0 Å². The van der Waals surface area contributed by atoms with Crippen LogP contribution >= 0.6 is 11.3 Å². The summed E-state index contributed by atoms with van der Waals surface area (Å²) in [6.07, 6.45) is 1.23. The third kappa shape index (κ3) is 3.65. The third-order valence-electron chi connectivity index (χ3n) is 4.77. The largest absolute Gasteiger partial charge is 0.488 e. The zero-order chi connectivity index (χ0) is 19.0. The molecule has 1 N–H and O–H groups in total. The van der Waals surface area contributed by atoms with Crippen LogP contribution in [0.25, 0.3) is 10.9 Å². The number of aryl methyl sites for hydroxylation is 2. The van der Waals surface area contributed by atoms with E-state index in [-0.39, 0.29) is 18.6 Å². The van der Waals surface area contributed by atoms with Crippen LogP contribution in [-0.4, -0.2) is 51.2 Å². The number of aromatic nitrogens is 2. The van der Waals surface area contributed by atoms with Gasteiger partial charge in [-0.05, 0) is 32.0 Å². The van der Waals surface area contributed by atoms with E-state index in [0.29, 0.717) is 23.6 Å². The summed E-state index contributed by atoms with van der Waals surface area (Å²) in [7, 11) is 0. The summed E-state index contributed by atoms with van der Waals surface area (Å²) in [5, 5.41) is 12.5. The van der Waals surface area contributed by atoms with Gasteiger partial charge in [0.2, 0.25) is 0 Å². The molecule has 0 radical (unpaired) electrons. The van der Waals surface area contributed by atoms with Crippen LogP contribution in [0.3, 0.4) is 0 Å². The van der Waals surface area contributed by atoms with Gasteiger partial charge in [-0.15, -0.1) is 11.3 Å². The monoisotopic (exact) mass is 383 g/mol. The van der Waals surface area contributed by atoms with E-state index in [4.69, 9.17) is 4.74 Å². The molecule has 3 aromatic rings. The van der Waals surface area contributed by atoms with Gasteiger partial charge in [0, 0.05) is 30.6 Å². The molecule has 0 aliphatic carbocycles. The Labute approximate surface area is 161 Å². The van der Waals surface area contributed by atoms with Crippen molar-refractivity contribution >= 4 is 28.1 Å². The Bertz CT molecular complexity index is 988. The molecule has 3 heterocycles. The number of likely N-dealkylation sites (tertiary alicyclic amines) is 1. The van der Waals surface area contributed by atoms with E-state index in [0.717, 1.165) is 21.6 Å². The van der Waals surface area contributed by atoms with Gasteiger partial charge in [-0.25, -0.2) is 4.98 Å². The number of piperidine rings is 1. The van der Waals surface area contributed by atoms with Crippen LogP contribution in [-0.2, 0) is 0 Å². The van der Waals surface area contributed by atoms with E-state index >= 15 is 0 Å². The maximum Gasteiger partial charge on any atom is 0.265 e. The van der Waals surface area contributed by atoms with E-state index < -0.39 is 6.10 Å². The van der Waals surface area contributed by atoms with Gasteiger partial charge < -0.3 is 14.7 Å². The van der Waals surface area contributed by atoms with Gasteiger partial charge in [0.1, 0.15) is 22.8 Å². The lowest BCUT2D eigenvalue weighted by atomic mass is 10.0. The Kier molecular flexibility index (Phi) is 4.80. The van der Waals surface area contributed by atoms with Crippen LogP contribution in [0.2, 0.25) is 0 Å². The number of rotatable bonds is 3. The number of fused-ring (bicyclic) bond motifs is 1. The van der Waals surface area contributed by atoms with Crippen molar-refractivity contribution in [1.82, 2.24) is 14.9 Å². The lowest BCUT2D eigenvalue weighted by molar-refractivity contribution is -0.0197. The quantitative estimate of drug-likeness (QED) is 0.753. The van der Waals surface area contributed by atoms with E-state index in [9.17, 15) is 9.90 Å². The molecule has 4 rings (SSSR count). The summed E-state index contributed by atoms with van der Waals surface area (Å²) in [4.78, 5) is 23.7. The predicted molar refractivity (Wildman–Crippen MR) is 104 cm³/mol. The Morgan fingerprint density at radius 1 is 1.33 bits per heavy atom. The topological polar surface area (TPSA) is 75.6 Å². The molecule has 27 heavy (non-hydrogen) atoms. The second-order valence-corrected chi connectivity index (χ2v) is 7.97. The van der Waals surface area contributed by atoms with Crippen molar-refractivity contribution < 1.29 is 14.6 Å². The van der Waals surface area contributed by atoms with E-state index in [1.165, 1.54) is 11.3 Å². The van der Waals surface area contributed by atoms with E-state index in [2.05, 4.69) is 9.97 Å². The summed E-state index contributed by atoms with van der Waals surface area (Å²) in [5.74, 6) is 0.615. The van der Waals surface area contributed by atoms with Crippen molar-refractivity contribution in [3.05, 3.63) is 52.1 Å². The molecule has 1 aliphatic rings. The second kappa shape index (κ2) is 7.25. The molecule has 0 spiro atoms. The number of aliphatic hydroxyl groups excluding tert-OH is 1. The number of benzene rings is 1. The average molecular weight is 383 g/mol. The van der Waals surface area contributed by atoms with Gasteiger partial charge in [-0.2, -0.15) is 0 Å². The van der Waals surface area contributed by atoms with Crippen LogP contribution in [0, 0.1) is 13.8 Å². The van der Waals surface area contributed by atoms with Gasteiger partial charge in [0.25, 0.3) is 5.91 Å². The van der Waals surface area contributed by atoms with Crippen molar-refractivity contribution in [2.45, 2.75) is 32.5 Å². The SMILES string of the molecule is Cc1nc(C)c(C(=O)N2CC[C@@H](Oc3ccc4cccnc4c3)[C@H](O)C2)s1. The smallest absolute Gasteiger partial charge is 0.265 e. The zero-order valence-corrected chi connectivity index (χ0v) is 16.1. The van der Waals surface area contributed by atoms with E-state index in [1.54, 1.807) is 11.1 Å². The number of carbonyl (C=O) groups excluding carboxylic acids is 1. The Balaban J connectivity index is 1.43. The van der Waals surface area contributed by atoms with Crippen molar-refractivity contribution in [2.75, 3.05) is 13.1 Å². The lowest BCUT2D eigenvalue weighted by Crippen LogP contribution is -2.51. The van der Waals surface area contributed by atoms with Gasteiger partial charge >= 0.3 is 0 Å². The minimum atomic E-state index is -0.739. The van der Waals surface area contributed by atoms with Gasteiger partial charge in [-0.3, -0.25) is 9.78 Å². The first-order chi connectivity index (χ1) is 13.0. The average Bonchev–Trinajstić information content (AvgIpc) is 3.01. The first-order valence-electron chi connectivity index (χ1n) is 8.94. The highest BCUT2D eigenvalue weighted by Crippen LogP contribution is 2.25. The van der Waals surface area contributed by atoms with Crippen LogP contribution in [0.15, 0.2) is 36.5 Å². The highest BCUT2D eigenvalue weighted by molar-refractivity contribution is 7.13. The molecular weight excluding hydrogens is 362 g/mol. The number of pyridine rings is 1. The normalized spacial score (nSPS) is 20.0. The van der Waals surface area contributed by atoms with Gasteiger partial charge in [0.15, 0.2) is 0 Å². The summed E-state index contributed by atoms with van der Waals surface area (Å²) in [5.41, 5.74) is 1.60. The summed E-state index contributed by atoms with van der Waals surface area (Å²) in [6.45, 7) is 4.53. The first-order valence-corrected chi connectivity index (χ1v) is 9.76. The number of carbonyl (C=O) groups is 1. The highest BCUT2D eigenvalue weighted by atomic mass is 32.1. The molecule has 1 saturated heterocycles. The molecule has 2 atom stereocenters. The number of aliphatic hydroxyl groups is 1. The van der Waals surface area contributed by atoms with Gasteiger partial charge in [0.05, 0.1) is 22.8 Å². The fourth-order valence-electron chi connectivity index (χ4n) is 3.40. The van der Waals surface area contributed by atoms with Crippen molar-refractivity contribution in [1.29, 1.82) is 0 Å². The number of β-amino-alcohol motifs (C(OH)–C–C–N with tert-alkyl or cyclic N) is 1. The number of hydrogen-bond donors (Lipinski definition) is 1. The van der Waals surface area contributed by atoms with Crippen molar-refractivity contribution in [2.24, 2.45) is 0 Å². The molecule has 140 valence electrons. The molecule has 0 saturated carbocycles. The molecule has 7 heteroatoms. The standard InChI is InChI=1S/C20H21N3O3S/c1-12-19(27-13(2)22-12)20(25)23-9-7-18(17(24)11-23)26-15-6-5-14-4-3-8-21-16(14)10-15/h3-6,8,10,17-18,24H,7,9,11H2,1-2H3/t17-,18-/m1/s1. The molecule has 1 aromatic carbocycles. The number of nitrogens with zero attached hydrogens (tertiary/aromatic N) is 3. The Hall–Kier alpha value is -2.51. The zero-order valence-electron chi connectivity index (χ0n) is 15.3. The predicted octanol–water partition coefficient (Wildman–Crippen LogP) is 2.96. The summed E-state index contributed by atoms with van der Waals surface area (Å²) >= 11 is 1.40. The molecule has 0 bridgehead atoms. The number of hydrogen-bond acceptors (Lipinski definition) is 6. The van der Waals surface area contributed by atoms with Crippen molar-refractivity contribution in [3.8, 4) is 5.75 Å². The molecule has 1 aliphatic heterocycles. The second-order valence-electron chi connectivity index (χ2n) is 6.77. The molecule has 6 nitrogen and oxygen atoms in total. The number of thiazole rings is 1. The lowest BCUT2D eigenvalue weighted by Gasteiger charge is -2.35. The maximum atomic E-state index is 12.7. The van der Waals surface area contributed by atoms with Crippen LogP contribution in [0.1, 0.15) is 26.8 Å². The number of amides is 1. The first kappa shape index (κ1) is 17.9. The Morgan fingerprint density at radius 2 is 2.19 bits per heavy atom. The molecule has 1 amide bonds.